The minimum absolute atomic E-state index is 0.0158. The number of benzene rings is 2. The van der Waals surface area contributed by atoms with Gasteiger partial charge in [-0.15, -0.1) is 0 Å². The summed E-state index contributed by atoms with van der Waals surface area (Å²) >= 11 is 0. The summed E-state index contributed by atoms with van der Waals surface area (Å²) in [5, 5.41) is 14.0. The molecule has 0 amide bonds. The molecule has 0 spiro atoms. The molecule has 0 fully saturated rings. The maximum atomic E-state index is 13.1. The lowest BCUT2D eigenvalue weighted by molar-refractivity contribution is -0.384. The van der Waals surface area contributed by atoms with Crippen molar-refractivity contribution in [2.45, 2.75) is 33.2 Å². The van der Waals surface area contributed by atoms with E-state index in [-0.39, 0.29) is 11.2 Å². The smallest absolute Gasteiger partial charge is 0.280 e. The first kappa shape index (κ1) is 19.3. The maximum Gasteiger partial charge on any atom is 0.280 e. The molecular weight excluding hydrogens is 356 g/mol. The molecular formula is C21H22N4O3. The molecule has 0 saturated carbocycles. The van der Waals surface area contributed by atoms with Crippen LogP contribution in [-0.2, 0) is 13.0 Å². The van der Waals surface area contributed by atoms with Crippen molar-refractivity contribution in [3.05, 3.63) is 91.9 Å². The number of rotatable bonds is 7. The largest absolute Gasteiger partial charge is 0.294 e. The molecule has 1 heterocycles. The second-order valence-electron chi connectivity index (χ2n) is 6.52. The van der Waals surface area contributed by atoms with Crippen LogP contribution in [0.5, 0.6) is 0 Å². The Labute approximate surface area is 162 Å². The SMILES string of the molecule is CCCc1[nH]n(-c2ccc([N+](=O)[O-])cc2)c(=O)c1C(C)=NCc1ccccc1. The molecule has 0 radical (unpaired) electrons. The van der Waals surface area contributed by atoms with E-state index in [4.69, 9.17) is 0 Å². The molecule has 144 valence electrons. The average Bonchev–Trinajstić information content (AvgIpc) is 3.03. The van der Waals surface area contributed by atoms with Gasteiger partial charge in [0.05, 0.1) is 22.7 Å². The highest BCUT2D eigenvalue weighted by atomic mass is 16.6. The van der Waals surface area contributed by atoms with Gasteiger partial charge >= 0.3 is 0 Å². The van der Waals surface area contributed by atoms with E-state index in [1.54, 1.807) is 12.1 Å². The Morgan fingerprint density at radius 1 is 1.14 bits per heavy atom. The fourth-order valence-corrected chi connectivity index (χ4v) is 3.06. The Morgan fingerprint density at radius 3 is 2.43 bits per heavy atom. The van der Waals surface area contributed by atoms with Gasteiger partial charge in [0.1, 0.15) is 0 Å². The molecule has 2 aromatic carbocycles. The second kappa shape index (κ2) is 8.47. The number of aryl methyl sites for hydroxylation is 1. The number of hydrogen-bond donors (Lipinski definition) is 1. The molecule has 0 atom stereocenters. The van der Waals surface area contributed by atoms with E-state index in [1.807, 2.05) is 44.2 Å². The van der Waals surface area contributed by atoms with E-state index in [2.05, 4.69) is 10.1 Å². The van der Waals surface area contributed by atoms with Crippen LogP contribution in [0.4, 0.5) is 5.69 Å². The Morgan fingerprint density at radius 2 is 1.82 bits per heavy atom. The van der Waals surface area contributed by atoms with Gasteiger partial charge in [-0.05, 0) is 31.0 Å². The Hall–Kier alpha value is -3.48. The van der Waals surface area contributed by atoms with Crippen molar-refractivity contribution in [1.82, 2.24) is 9.78 Å². The summed E-state index contributed by atoms with van der Waals surface area (Å²) in [7, 11) is 0. The molecule has 3 aromatic rings. The molecule has 7 nitrogen and oxygen atoms in total. The van der Waals surface area contributed by atoms with Crippen LogP contribution in [0.25, 0.3) is 5.69 Å². The first-order chi connectivity index (χ1) is 13.5. The number of H-pyrrole nitrogens is 1. The van der Waals surface area contributed by atoms with Crippen LogP contribution >= 0.6 is 0 Å². The van der Waals surface area contributed by atoms with Crippen LogP contribution in [0.2, 0.25) is 0 Å². The zero-order chi connectivity index (χ0) is 20.1. The molecule has 0 bridgehead atoms. The molecule has 0 saturated heterocycles. The zero-order valence-corrected chi connectivity index (χ0v) is 15.9. The summed E-state index contributed by atoms with van der Waals surface area (Å²) in [4.78, 5) is 28.0. The molecule has 0 aliphatic rings. The fraction of sp³-hybridized carbons (Fsp3) is 0.238. The molecule has 0 aliphatic carbocycles. The molecule has 28 heavy (non-hydrogen) atoms. The highest BCUT2D eigenvalue weighted by Crippen LogP contribution is 2.16. The van der Waals surface area contributed by atoms with Gasteiger partial charge in [0.15, 0.2) is 0 Å². The van der Waals surface area contributed by atoms with Gasteiger partial charge in [-0.1, -0.05) is 43.7 Å². The molecule has 7 heteroatoms. The predicted molar refractivity (Wildman–Crippen MR) is 109 cm³/mol. The van der Waals surface area contributed by atoms with Crippen LogP contribution in [0, 0.1) is 10.1 Å². The van der Waals surface area contributed by atoms with Gasteiger partial charge in [0.25, 0.3) is 11.2 Å². The van der Waals surface area contributed by atoms with Crippen LogP contribution in [0.1, 0.15) is 37.1 Å². The van der Waals surface area contributed by atoms with Gasteiger partial charge in [0, 0.05) is 23.5 Å². The molecule has 3 rings (SSSR count). The van der Waals surface area contributed by atoms with Crippen molar-refractivity contribution in [3.63, 3.8) is 0 Å². The standard InChI is InChI=1S/C21H22N4O3/c1-3-7-19-20(15(2)22-14-16-8-5-4-6-9-16)21(26)24(23-19)17-10-12-18(13-11-17)25(27)28/h4-6,8-13,23H,3,7,14H2,1-2H3. The summed E-state index contributed by atoms with van der Waals surface area (Å²) in [5.41, 5.74) is 3.47. The summed E-state index contributed by atoms with van der Waals surface area (Å²) in [6.07, 6.45) is 1.59. The lowest BCUT2D eigenvalue weighted by Crippen LogP contribution is -2.20. The first-order valence-corrected chi connectivity index (χ1v) is 9.15. The first-order valence-electron chi connectivity index (χ1n) is 9.15. The number of aliphatic imine (C=N–C) groups is 1. The molecule has 1 aromatic heterocycles. The lowest BCUT2D eigenvalue weighted by Gasteiger charge is -2.01. The van der Waals surface area contributed by atoms with Gasteiger partial charge in [-0.3, -0.25) is 25.0 Å². The Kier molecular flexibility index (Phi) is 5.84. The van der Waals surface area contributed by atoms with Crippen molar-refractivity contribution in [2.24, 2.45) is 4.99 Å². The van der Waals surface area contributed by atoms with Gasteiger partial charge in [-0.25, -0.2) is 4.68 Å². The van der Waals surface area contributed by atoms with Gasteiger partial charge < -0.3 is 0 Å². The average molecular weight is 378 g/mol. The third-order valence-corrected chi connectivity index (χ3v) is 4.49. The van der Waals surface area contributed by atoms with Crippen molar-refractivity contribution < 1.29 is 4.92 Å². The minimum atomic E-state index is -0.463. The summed E-state index contributed by atoms with van der Waals surface area (Å²) < 4.78 is 1.42. The highest BCUT2D eigenvalue weighted by Gasteiger charge is 2.17. The third-order valence-electron chi connectivity index (χ3n) is 4.49. The topological polar surface area (TPSA) is 93.3 Å². The number of nitrogens with one attached hydrogen (secondary N) is 1. The molecule has 0 aliphatic heterocycles. The third kappa shape index (κ3) is 4.09. The van der Waals surface area contributed by atoms with Gasteiger partial charge in [-0.2, -0.15) is 0 Å². The van der Waals surface area contributed by atoms with Crippen LogP contribution in [0.3, 0.4) is 0 Å². The summed E-state index contributed by atoms with van der Waals surface area (Å²) in [6, 6.07) is 15.8. The van der Waals surface area contributed by atoms with Crippen molar-refractivity contribution in [3.8, 4) is 5.69 Å². The number of hydrogen-bond acceptors (Lipinski definition) is 4. The van der Waals surface area contributed by atoms with E-state index < -0.39 is 4.92 Å². The molecule has 1 N–H and O–H groups in total. The number of nitro benzene ring substituents is 1. The maximum absolute atomic E-state index is 13.1. The lowest BCUT2D eigenvalue weighted by atomic mass is 10.1. The van der Waals surface area contributed by atoms with E-state index in [0.717, 1.165) is 17.7 Å². The van der Waals surface area contributed by atoms with Crippen molar-refractivity contribution in [2.75, 3.05) is 0 Å². The summed E-state index contributed by atoms with van der Waals surface area (Å²) in [5.74, 6) is 0. The highest BCUT2D eigenvalue weighted by molar-refractivity contribution is 5.99. The van der Waals surface area contributed by atoms with Crippen LogP contribution < -0.4 is 5.56 Å². The van der Waals surface area contributed by atoms with Crippen LogP contribution in [0.15, 0.2) is 64.4 Å². The Bertz CT molecular complexity index is 1050. The van der Waals surface area contributed by atoms with Crippen LogP contribution in [-0.4, -0.2) is 20.4 Å². The van der Waals surface area contributed by atoms with E-state index in [1.165, 1.54) is 16.8 Å². The fourth-order valence-electron chi connectivity index (χ4n) is 3.06. The number of non-ortho nitro benzene ring substituents is 1. The summed E-state index contributed by atoms with van der Waals surface area (Å²) in [6.45, 7) is 4.38. The minimum Gasteiger partial charge on any atom is -0.294 e. The zero-order valence-electron chi connectivity index (χ0n) is 15.9. The van der Waals surface area contributed by atoms with Crippen molar-refractivity contribution in [1.29, 1.82) is 0 Å². The Balaban J connectivity index is 1.98. The normalized spacial score (nSPS) is 11.6. The molecule has 0 unspecified atom stereocenters. The number of nitrogens with zero attached hydrogens (tertiary/aromatic N) is 3. The quantitative estimate of drug-likeness (QED) is 0.382. The van der Waals surface area contributed by atoms with E-state index in [9.17, 15) is 14.9 Å². The van der Waals surface area contributed by atoms with E-state index >= 15 is 0 Å². The van der Waals surface area contributed by atoms with Crippen molar-refractivity contribution >= 4 is 11.4 Å². The number of aromatic amines is 1. The van der Waals surface area contributed by atoms with E-state index in [0.29, 0.717) is 29.9 Å². The number of nitro groups is 1. The number of aromatic nitrogens is 2. The monoisotopic (exact) mass is 378 g/mol. The van der Waals surface area contributed by atoms with Gasteiger partial charge in [0.2, 0.25) is 0 Å². The second-order valence-corrected chi connectivity index (χ2v) is 6.52. The predicted octanol–water partition coefficient (Wildman–Crippen LogP) is 4.04.